The van der Waals surface area contributed by atoms with Crippen LogP contribution in [0.3, 0.4) is 0 Å². The van der Waals surface area contributed by atoms with Gasteiger partial charge in [0.15, 0.2) is 0 Å². The van der Waals surface area contributed by atoms with Crippen LogP contribution in [0.5, 0.6) is 0 Å². The molecule has 1 heterocycles. The number of nitrogens with one attached hydrogen (secondary N) is 1. The molecule has 1 atom stereocenters. The van der Waals surface area contributed by atoms with Gasteiger partial charge >= 0.3 is 0 Å². The fourth-order valence-electron chi connectivity index (χ4n) is 1.90. The second-order valence-corrected chi connectivity index (χ2v) is 5.84. The summed E-state index contributed by atoms with van der Waals surface area (Å²) in [5.41, 5.74) is 2.47. The fraction of sp³-hybridized carbons (Fsp3) is 0.214. The van der Waals surface area contributed by atoms with Crippen LogP contribution in [0.25, 0.3) is 0 Å². The monoisotopic (exact) mass is 368 g/mol. The first-order valence-electron chi connectivity index (χ1n) is 5.72. The first kappa shape index (κ1) is 13.7. The van der Waals surface area contributed by atoms with E-state index in [1.165, 1.54) is 11.1 Å². The standard InChI is InChI=1S/C14H14Br2N2/c1-17-14(7-10-3-2-6-18-9-10)12-8-11(15)4-5-13(12)16/h2-6,8-9,14,17H,7H2,1H3. The molecule has 0 bridgehead atoms. The summed E-state index contributed by atoms with van der Waals surface area (Å²) in [4.78, 5) is 4.16. The van der Waals surface area contributed by atoms with Crippen LogP contribution in [-0.2, 0) is 6.42 Å². The molecule has 2 rings (SSSR count). The van der Waals surface area contributed by atoms with Crippen molar-refractivity contribution in [3.05, 3.63) is 62.8 Å². The van der Waals surface area contributed by atoms with Gasteiger partial charge in [-0.1, -0.05) is 37.9 Å². The SMILES string of the molecule is CNC(Cc1cccnc1)c1cc(Br)ccc1Br. The number of halogens is 2. The highest BCUT2D eigenvalue weighted by molar-refractivity contribution is 9.11. The van der Waals surface area contributed by atoms with Gasteiger partial charge < -0.3 is 5.32 Å². The Balaban J connectivity index is 2.26. The molecule has 1 aromatic carbocycles. The van der Waals surface area contributed by atoms with Gasteiger partial charge in [-0.3, -0.25) is 4.98 Å². The van der Waals surface area contributed by atoms with Crippen molar-refractivity contribution in [1.29, 1.82) is 0 Å². The maximum atomic E-state index is 4.16. The lowest BCUT2D eigenvalue weighted by Crippen LogP contribution is -2.19. The first-order valence-corrected chi connectivity index (χ1v) is 7.30. The average Bonchev–Trinajstić information content (AvgIpc) is 2.40. The number of benzene rings is 1. The molecule has 18 heavy (non-hydrogen) atoms. The number of likely N-dealkylation sites (N-methyl/N-ethyl adjacent to an activating group) is 1. The Bertz CT molecular complexity index is 514. The van der Waals surface area contributed by atoms with Gasteiger partial charge in [0.2, 0.25) is 0 Å². The molecule has 0 saturated carbocycles. The van der Waals surface area contributed by atoms with Crippen LogP contribution in [0, 0.1) is 0 Å². The molecule has 0 aliphatic carbocycles. The first-order chi connectivity index (χ1) is 8.70. The lowest BCUT2D eigenvalue weighted by Gasteiger charge is -2.18. The highest BCUT2D eigenvalue weighted by Gasteiger charge is 2.13. The van der Waals surface area contributed by atoms with Gasteiger partial charge in [-0.05, 0) is 48.9 Å². The summed E-state index contributed by atoms with van der Waals surface area (Å²) in [7, 11) is 1.98. The van der Waals surface area contributed by atoms with Crippen LogP contribution in [0.1, 0.15) is 17.2 Å². The maximum absolute atomic E-state index is 4.16. The molecule has 94 valence electrons. The predicted octanol–water partition coefficient (Wildman–Crippen LogP) is 4.11. The Morgan fingerprint density at radius 2 is 2.11 bits per heavy atom. The average molecular weight is 370 g/mol. The molecule has 0 aliphatic heterocycles. The summed E-state index contributed by atoms with van der Waals surface area (Å²) in [5.74, 6) is 0. The van der Waals surface area contributed by atoms with Crippen molar-refractivity contribution in [2.75, 3.05) is 7.05 Å². The van der Waals surface area contributed by atoms with Gasteiger partial charge in [-0.2, -0.15) is 0 Å². The van der Waals surface area contributed by atoms with E-state index in [1.807, 2.05) is 25.4 Å². The molecule has 0 spiro atoms. The second kappa shape index (κ2) is 6.45. The van der Waals surface area contributed by atoms with Crippen LogP contribution in [-0.4, -0.2) is 12.0 Å². The number of hydrogen-bond acceptors (Lipinski definition) is 2. The van der Waals surface area contributed by atoms with Crippen LogP contribution >= 0.6 is 31.9 Å². The summed E-state index contributed by atoms with van der Waals surface area (Å²) in [6, 6.07) is 10.6. The number of aromatic nitrogens is 1. The third kappa shape index (κ3) is 3.40. The molecule has 2 aromatic rings. The number of nitrogens with zero attached hydrogens (tertiary/aromatic N) is 1. The molecule has 0 amide bonds. The fourth-order valence-corrected chi connectivity index (χ4v) is 2.81. The normalized spacial score (nSPS) is 12.4. The molecule has 0 aliphatic rings. The zero-order valence-corrected chi connectivity index (χ0v) is 13.2. The van der Waals surface area contributed by atoms with E-state index in [2.05, 4.69) is 60.4 Å². The number of pyridine rings is 1. The molecule has 2 nitrogen and oxygen atoms in total. The van der Waals surface area contributed by atoms with Gasteiger partial charge in [0, 0.05) is 27.4 Å². The minimum Gasteiger partial charge on any atom is -0.313 e. The summed E-state index contributed by atoms with van der Waals surface area (Å²) < 4.78 is 2.21. The van der Waals surface area contributed by atoms with E-state index >= 15 is 0 Å². The number of hydrogen-bond donors (Lipinski definition) is 1. The van der Waals surface area contributed by atoms with Gasteiger partial charge in [0.05, 0.1) is 0 Å². The minimum absolute atomic E-state index is 0.265. The van der Waals surface area contributed by atoms with E-state index in [1.54, 1.807) is 6.20 Å². The van der Waals surface area contributed by atoms with Gasteiger partial charge in [0.25, 0.3) is 0 Å². The highest BCUT2D eigenvalue weighted by Crippen LogP contribution is 2.28. The second-order valence-electron chi connectivity index (χ2n) is 4.07. The quantitative estimate of drug-likeness (QED) is 0.877. The lowest BCUT2D eigenvalue weighted by atomic mass is 10.0. The predicted molar refractivity (Wildman–Crippen MR) is 81.6 cm³/mol. The molecule has 0 saturated heterocycles. The van der Waals surface area contributed by atoms with Gasteiger partial charge in [-0.25, -0.2) is 0 Å². The van der Waals surface area contributed by atoms with E-state index in [0.29, 0.717) is 0 Å². The maximum Gasteiger partial charge on any atom is 0.0370 e. The minimum atomic E-state index is 0.265. The molecular formula is C14H14Br2N2. The van der Waals surface area contributed by atoms with Crippen molar-refractivity contribution in [2.45, 2.75) is 12.5 Å². The molecule has 1 N–H and O–H groups in total. The van der Waals surface area contributed by atoms with E-state index in [4.69, 9.17) is 0 Å². The Kier molecular flexibility index (Phi) is 4.92. The third-order valence-electron chi connectivity index (χ3n) is 2.84. The largest absolute Gasteiger partial charge is 0.313 e. The summed E-state index contributed by atoms with van der Waals surface area (Å²) in [6.45, 7) is 0. The van der Waals surface area contributed by atoms with Crippen LogP contribution in [0.2, 0.25) is 0 Å². The van der Waals surface area contributed by atoms with E-state index in [0.717, 1.165) is 15.4 Å². The van der Waals surface area contributed by atoms with E-state index < -0.39 is 0 Å². The summed E-state index contributed by atoms with van der Waals surface area (Å²) in [5, 5.41) is 3.36. The molecular weight excluding hydrogens is 356 g/mol. The van der Waals surface area contributed by atoms with Crippen molar-refractivity contribution < 1.29 is 0 Å². The lowest BCUT2D eigenvalue weighted by molar-refractivity contribution is 0.588. The van der Waals surface area contributed by atoms with Crippen LogP contribution in [0.4, 0.5) is 0 Å². The smallest absolute Gasteiger partial charge is 0.0370 e. The molecule has 0 radical (unpaired) electrons. The number of rotatable bonds is 4. The van der Waals surface area contributed by atoms with E-state index in [9.17, 15) is 0 Å². The topological polar surface area (TPSA) is 24.9 Å². The van der Waals surface area contributed by atoms with Crippen LogP contribution < -0.4 is 5.32 Å². The van der Waals surface area contributed by atoms with E-state index in [-0.39, 0.29) is 6.04 Å². The molecule has 0 fully saturated rings. The Hall–Kier alpha value is -0.710. The van der Waals surface area contributed by atoms with Crippen molar-refractivity contribution in [2.24, 2.45) is 0 Å². The zero-order valence-electron chi connectivity index (χ0n) is 10.0. The highest BCUT2D eigenvalue weighted by atomic mass is 79.9. The molecule has 4 heteroatoms. The molecule has 1 unspecified atom stereocenters. The van der Waals surface area contributed by atoms with Crippen molar-refractivity contribution in [1.82, 2.24) is 10.3 Å². The van der Waals surface area contributed by atoms with Gasteiger partial charge in [-0.15, -0.1) is 0 Å². The third-order valence-corrected chi connectivity index (χ3v) is 4.06. The Morgan fingerprint density at radius 3 is 2.78 bits per heavy atom. The summed E-state index contributed by atoms with van der Waals surface area (Å²) >= 11 is 7.13. The van der Waals surface area contributed by atoms with Crippen molar-refractivity contribution in [3.8, 4) is 0 Å². The van der Waals surface area contributed by atoms with Gasteiger partial charge in [0.1, 0.15) is 0 Å². The van der Waals surface area contributed by atoms with Crippen LogP contribution in [0.15, 0.2) is 51.7 Å². The van der Waals surface area contributed by atoms with Crippen molar-refractivity contribution >= 4 is 31.9 Å². The Morgan fingerprint density at radius 1 is 1.28 bits per heavy atom. The Labute approximate surface area is 124 Å². The molecule has 1 aromatic heterocycles. The zero-order chi connectivity index (χ0) is 13.0. The van der Waals surface area contributed by atoms with Crippen molar-refractivity contribution in [3.63, 3.8) is 0 Å². The summed E-state index contributed by atoms with van der Waals surface area (Å²) in [6.07, 6.45) is 4.63.